The highest BCUT2D eigenvalue weighted by Gasteiger charge is 2.61. The van der Waals surface area contributed by atoms with Crippen molar-refractivity contribution >= 4 is 14.0 Å². The number of aromatic nitrogens is 1. The second-order valence-corrected chi connectivity index (χ2v) is 9.41. The van der Waals surface area contributed by atoms with Gasteiger partial charge in [-0.05, 0) is 35.7 Å². The minimum absolute atomic E-state index is 0.0397. The van der Waals surface area contributed by atoms with Crippen molar-refractivity contribution in [2.75, 3.05) is 0 Å². The van der Waals surface area contributed by atoms with Gasteiger partial charge < -0.3 is 15.1 Å². The van der Waals surface area contributed by atoms with Crippen molar-refractivity contribution in [1.82, 2.24) is 4.98 Å². The van der Waals surface area contributed by atoms with E-state index in [-0.39, 0.29) is 17.5 Å². The van der Waals surface area contributed by atoms with Crippen LogP contribution in [0.5, 0.6) is 0 Å². The molecule has 2 aromatic rings. The molecule has 1 aromatic carbocycles. The molecule has 2 rings (SSSR count). The molecular weight excluding hydrogens is 420 g/mol. The van der Waals surface area contributed by atoms with Crippen LogP contribution in [0.3, 0.4) is 0 Å². The van der Waals surface area contributed by atoms with Crippen LogP contribution in [0.15, 0.2) is 42.5 Å². The fourth-order valence-corrected chi connectivity index (χ4v) is 4.16. The van der Waals surface area contributed by atoms with Gasteiger partial charge in [0, 0.05) is 18.0 Å². The first kappa shape index (κ1) is 24.7. The zero-order valence-corrected chi connectivity index (χ0v) is 18.9. The first-order chi connectivity index (χ1) is 14.4. The quantitative estimate of drug-likeness (QED) is 0.441. The molecule has 166 valence electrons. The molecule has 31 heavy (non-hydrogen) atoms. The van der Waals surface area contributed by atoms with E-state index in [1.807, 2.05) is 13.8 Å². The van der Waals surface area contributed by atoms with Crippen LogP contribution in [0.4, 0.5) is 4.39 Å². The molecular formula is C23H27FNO5P. The summed E-state index contributed by atoms with van der Waals surface area (Å²) >= 11 is 0. The van der Waals surface area contributed by atoms with Crippen molar-refractivity contribution in [2.45, 2.75) is 50.8 Å². The van der Waals surface area contributed by atoms with E-state index in [4.69, 9.17) is 0 Å². The van der Waals surface area contributed by atoms with Crippen LogP contribution in [-0.2, 0) is 21.4 Å². The summed E-state index contributed by atoms with van der Waals surface area (Å²) in [5, 5.41) is 19.3. The molecule has 3 N–H and O–H groups in total. The number of rotatable bonds is 7. The van der Waals surface area contributed by atoms with E-state index >= 15 is 0 Å². The second kappa shape index (κ2) is 9.74. The van der Waals surface area contributed by atoms with Crippen LogP contribution < -0.4 is 0 Å². The number of hydrogen-bond acceptors (Lipinski definition) is 4. The number of aliphatic hydroxyl groups is 1. The normalized spacial score (nSPS) is 16.2. The predicted octanol–water partition coefficient (Wildman–Crippen LogP) is 3.72. The zero-order valence-electron chi connectivity index (χ0n) is 17.9. The van der Waals surface area contributed by atoms with Gasteiger partial charge in [0.15, 0.2) is 0 Å². The summed E-state index contributed by atoms with van der Waals surface area (Å²) in [6.45, 7) is 7.15. The zero-order chi connectivity index (χ0) is 23.4. The fourth-order valence-electron chi connectivity index (χ4n) is 3.22. The van der Waals surface area contributed by atoms with Crippen LogP contribution in [0, 0.1) is 23.6 Å². The molecule has 1 aromatic heterocycles. The third-order valence-corrected chi connectivity index (χ3v) is 6.36. The lowest BCUT2D eigenvalue weighted by Crippen LogP contribution is -2.56. The highest BCUT2D eigenvalue weighted by molar-refractivity contribution is 7.42. The van der Waals surface area contributed by atoms with Crippen molar-refractivity contribution in [1.29, 1.82) is 0 Å². The smallest absolute Gasteiger partial charge is 0.335 e. The molecule has 1 heterocycles. The molecule has 3 atom stereocenters. The number of benzene rings is 1. The fraction of sp³-hybridized carbons (Fsp3) is 0.391. The maximum absolute atomic E-state index is 13.4. The maximum atomic E-state index is 13.4. The highest BCUT2D eigenvalue weighted by atomic mass is 31.1. The summed E-state index contributed by atoms with van der Waals surface area (Å²) in [5.41, 5.74) is -1.62. The molecule has 0 bridgehead atoms. The lowest BCUT2D eigenvalue weighted by molar-refractivity contribution is -0.146. The molecule has 0 amide bonds. The third kappa shape index (κ3) is 5.04. The van der Waals surface area contributed by atoms with Gasteiger partial charge >= 0.3 is 5.97 Å². The van der Waals surface area contributed by atoms with E-state index in [9.17, 15) is 28.9 Å². The van der Waals surface area contributed by atoms with Crippen LogP contribution in [0.25, 0.3) is 0 Å². The van der Waals surface area contributed by atoms with E-state index in [1.54, 1.807) is 26.0 Å². The molecule has 0 saturated heterocycles. The monoisotopic (exact) mass is 447 g/mol. The van der Waals surface area contributed by atoms with E-state index < -0.39 is 37.0 Å². The Hall–Kier alpha value is -2.52. The van der Waals surface area contributed by atoms with Crippen molar-refractivity contribution in [3.05, 3.63) is 65.2 Å². The predicted molar refractivity (Wildman–Crippen MR) is 117 cm³/mol. The molecule has 0 aliphatic heterocycles. The average molecular weight is 447 g/mol. The third-order valence-electron chi connectivity index (χ3n) is 4.97. The molecule has 0 aliphatic carbocycles. The lowest BCUT2D eigenvalue weighted by Gasteiger charge is -2.39. The van der Waals surface area contributed by atoms with Gasteiger partial charge in [-0.1, -0.05) is 57.7 Å². The number of hydrogen-bond donors (Lipinski definition) is 3. The summed E-state index contributed by atoms with van der Waals surface area (Å²) in [7, 11) is -3.98. The highest BCUT2D eigenvalue weighted by Crippen LogP contribution is 2.50. The molecule has 0 aliphatic rings. The number of carbonyl (C=O) groups is 1. The van der Waals surface area contributed by atoms with Crippen molar-refractivity contribution in [3.63, 3.8) is 0 Å². The van der Waals surface area contributed by atoms with Gasteiger partial charge in [-0.15, -0.1) is 0 Å². The molecule has 0 radical (unpaired) electrons. The standard InChI is InChI=1S/C23H27FNO5P/c1-15(2)12-13-23(21(26)27,31(29)30)22(28,14-17-8-10-18(24)11-9-17)20-7-5-6-19(25-20)16(3)4/h5-11,15-16,28,31H,14H2,1-4H3,(H,26,27)(H,29,30). The van der Waals surface area contributed by atoms with Gasteiger partial charge in [0.25, 0.3) is 0 Å². The number of carboxylic acids is 1. The topological polar surface area (TPSA) is 108 Å². The van der Waals surface area contributed by atoms with Gasteiger partial charge in [0.05, 0.1) is 5.69 Å². The average Bonchev–Trinajstić information content (AvgIpc) is 2.69. The summed E-state index contributed by atoms with van der Waals surface area (Å²) in [5.74, 6) is 2.47. The molecule has 0 fully saturated rings. The summed E-state index contributed by atoms with van der Waals surface area (Å²) < 4.78 is 26.0. The first-order valence-corrected chi connectivity index (χ1v) is 11.2. The van der Waals surface area contributed by atoms with E-state index in [0.29, 0.717) is 11.3 Å². The number of carboxylic acid groups (broad SMARTS) is 1. The molecule has 8 heteroatoms. The largest absolute Gasteiger partial charge is 0.480 e. The van der Waals surface area contributed by atoms with E-state index in [2.05, 4.69) is 16.8 Å². The van der Waals surface area contributed by atoms with Crippen molar-refractivity contribution < 1.29 is 28.9 Å². The second-order valence-electron chi connectivity index (χ2n) is 8.05. The Morgan fingerprint density at radius 2 is 1.77 bits per heavy atom. The maximum Gasteiger partial charge on any atom is 0.335 e. The molecule has 0 spiro atoms. The van der Waals surface area contributed by atoms with Crippen LogP contribution in [0.1, 0.15) is 50.6 Å². The minimum atomic E-state index is -3.98. The van der Waals surface area contributed by atoms with E-state index in [0.717, 1.165) is 12.1 Å². The van der Waals surface area contributed by atoms with Crippen LogP contribution in [-0.4, -0.2) is 31.2 Å². The summed E-state index contributed by atoms with van der Waals surface area (Å²) in [4.78, 5) is 27.2. The SMILES string of the molecule is CC(C)C#CC(C(=O)O)([PH](=O)O)C(O)(Cc1ccc(F)cc1)c1cccc(C(C)C)n1. The van der Waals surface area contributed by atoms with Crippen LogP contribution in [0.2, 0.25) is 0 Å². The van der Waals surface area contributed by atoms with Gasteiger partial charge in [0.1, 0.15) is 11.4 Å². The molecule has 3 unspecified atom stereocenters. The Bertz CT molecular complexity index is 1010. The lowest BCUT2D eigenvalue weighted by atomic mass is 9.78. The summed E-state index contributed by atoms with van der Waals surface area (Å²) in [6.07, 6.45) is -0.405. The summed E-state index contributed by atoms with van der Waals surface area (Å²) in [6, 6.07) is 9.82. The van der Waals surface area contributed by atoms with E-state index in [1.165, 1.54) is 18.2 Å². The Balaban J connectivity index is 2.88. The number of pyridine rings is 1. The number of halogens is 1. The van der Waals surface area contributed by atoms with Gasteiger partial charge in [-0.3, -0.25) is 9.55 Å². The van der Waals surface area contributed by atoms with Gasteiger partial charge in [0.2, 0.25) is 13.2 Å². The Morgan fingerprint density at radius 1 is 1.16 bits per heavy atom. The minimum Gasteiger partial charge on any atom is -0.480 e. The van der Waals surface area contributed by atoms with Crippen molar-refractivity contribution in [3.8, 4) is 11.8 Å². The van der Waals surface area contributed by atoms with Crippen LogP contribution >= 0.6 is 8.03 Å². The number of aliphatic carboxylic acids is 1. The Labute approximate surface area is 182 Å². The van der Waals surface area contributed by atoms with Crippen molar-refractivity contribution in [2.24, 2.45) is 5.92 Å². The molecule has 6 nitrogen and oxygen atoms in total. The molecule has 0 saturated carbocycles. The van der Waals surface area contributed by atoms with Gasteiger partial charge in [-0.25, -0.2) is 9.18 Å². The Morgan fingerprint density at radius 3 is 2.26 bits per heavy atom. The number of nitrogens with zero attached hydrogens (tertiary/aromatic N) is 1. The van der Waals surface area contributed by atoms with Gasteiger partial charge in [-0.2, -0.15) is 0 Å². The first-order valence-electron chi connectivity index (χ1n) is 9.87. The Kier molecular flexibility index (Phi) is 7.77.